The number of nitrogens with one attached hydrogen (secondary N) is 1. The van der Waals surface area contributed by atoms with Gasteiger partial charge in [0.25, 0.3) is 0 Å². The number of halogens is 3. The van der Waals surface area contributed by atoms with Gasteiger partial charge in [-0.05, 0) is 37.1 Å². The van der Waals surface area contributed by atoms with Crippen LogP contribution in [0.3, 0.4) is 0 Å². The number of rotatable bonds is 5. The van der Waals surface area contributed by atoms with Crippen LogP contribution in [0.25, 0.3) is 0 Å². The van der Waals surface area contributed by atoms with Gasteiger partial charge in [-0.25, -0.2) is 0 Å². The van der Waals surface area contributed by atoms with Crippen molar-refractivity contribution in [3.8, 4) is 0 Å². The van der Waals surface area contributed by atoms with Gasteiger partial charge in [0.15, 0.2) is 0 Å². The van der Waals surface area contributed by atoms with E-state index in [9.17, 15) is 18.3 Å². The van der Waals surface area contributed by atoms with Crippen LogP contribution in [-0.4, -0.2) is 18.2 Å². The summed E-state index contributed by atoms with van der Waals surface area (Å²) in [6.07, 6.45) is -4.39. The minimum atomic E-state index is -4.39. The summed E-state index contributed by atoms with van der Waals surface area (Å²) in [5.41, 5.74) is -1.80. The van der Waals surface area contributed by atoms with Crippen molar-refractivity contribution >= 4 is 0 Å². The molecular formula is C14H20F3NO. The summed E-state index contributed by atoms with van der Waals surface area (Å²) < 4.78 is 37.8. The van der Waals surface area contributed by atoms with Gasteiger partial charge < -0.3 is 10.4 Å². The fourth-order valence-corrected chi connectivity index (χ4v) is 1.74. The number of hydrogen-bond acceptors (Lipinski definition) is 2. The molecule has 0 aromatic heterocycles. The summed E-state index contributed by atoms with van der Waals surface area (Å²) in [5.74, 6) is 0.414. The number of hydrogen-bond donors (Lipinski definition) is 2. The van der Waals surface area contributed by atoms with E-state index >= 15 is 0 Å². The normalized spacial score (nSPS) is 15.6. The van der Waals surface area contributed by atoms with E-state index in [2.05, 4.69) is 5.32 Å². The Bertz CT molecular complexity index is 413. The van der Waals surface area contributed by atoms with E-state index in [1.54, 1.807) is 0 Å². The van der Waals surface area contributed by atoms with E-state index in [0.717, 1.165) is 12.1 Å². The Balaban J connectivity index is 2.83. The van der Waals surface area contributed by atoms with Gasteiger partial charge in [0.2, 0.25) is 0 Å². The van der Waals surface area contributed by atoms with Crippen molar-refractivity contribution in [1.82, 2.24) is 5.32 Å². The highest BCUT2D eigenvalue weighted by Gasteiger charge is 2.32. The number of alkyl halides is 3. The molecule has 0 aliphatic heterocycles. The van der Waals surface area contributed by atoms with Gasteiger partial charge >= 0.3 is 6.18 Å². The molecule has 0 heterocycles. The maximum atomic E-state index is 12.6. The van der Waals surface area contributed by atoms with Gasteiger partial charge in [0, 0.05) is 6.54 Å². The molecule has 1 atom stereocenters. The molecule has 2 N–H and O–H groups in total. The summed E-state index contributed by atoms with van der Waals surface area (Å²) in [4.78, 5) is 0. The van der Waals surface area contributed by atoms with Gasteiger partial charge in [-0.1, -0.05) is 26.0 Å². The molecule has 0 saturated carbocycles. The predicted molar refractivity (Wildman–Crippen MR) is 68.7 cm³/mol. The summed E-state index contributed by atoms with van der Waals surface area (Å²) in [7, 11) is 0. The third kappa shape index (κ3) is 4.84. The SMILES string of the molecule is CC(C)CNCC(C)(O)c1cccc(C(F)(F)F)c1. The first-order chi connectivity index (χ1) is 8.63. The number of benzene rings is 1. The molecule has 0 spiro atoms. The fraction of sp³-hybridized carbons (Fsp3) is 0.571. The van der Waals surface area contributed by atoms with Gasteiger partial charge in [-0.15, -0.1) is 0 Å². The largest absolute Gasteiger partial charge is 0.416 e. The zero-order valence-electron chi connectivity index (χ0n) is 11.4. The lowest BCUT2D eigenvalue weighted by molar-refractivity contribution is -0.137. The van der Waals surface area contributed by atoms with E-state index in [-0.39, 0.29) is 12.1 Å². The molecule has 19 heavy (non-hydrogen) atoms. The van der Waals surface area contributed by atoms with Gasteiger partial charge in [0.1, 0.15) is 0 Å². The second-order valence-electron chi connectivity index (χ2n) is 5.38. The second-order valence-corrected chi connectivity index (χ2v) is 5.38. The summed E-state index contributed by atoms with van der Waals surface area (Å²) in [6.45, 7) is 6.47. The molecular weight excluding hydrogens is 255 g/mol. The van der Waals surface area contributed by atoms with Crippen molar-refractivity contribution in [2.75, 3.05) is 13.1 Å². The lowest BCUT2D eigenvalue weighted by Crippen LogP contribution is -2.37. The topological polar surface area (TPSA) is 32.3 Å². The first-order valence-electron chi connectivity index (χ1n) is 6.24. The molecule has 1 unspecified atom stereocenters. The molecule has 0 bridgehead atoms. The quantitative estimate of drug-likeness (QED) is 0.865. The van der Waals surface area contributed by atoms with Crippen LogP contribution in [0.4, 0.5) is 13.2 Å². The molecule has 5 heteroatoms. The van der Waals surface area contributed by atoms with E-state index in [1.807, 2.05) is 13.8 Å². The molecule has 0 aliphatic rings. The zero-order chi connectivity index (χ0) is 14.7. The zero-order valence-corrected chi connectivity index (χ0v) is 11.4. The Labute approximate surface area is 111 Å². The Kier molecular flexibility index (Phi) is 4.98. The highest BCUT2D eigenvalue weighted by Crippen LogP contribution is 2.31. The lowest BCUT2D eigenvalue weighted by atomic mass is 9.94. The molecule has 1 rings (SSSR count). The highest BCUT2D eigenvalue weighted by atomic mass is 19.4. The summed E-state index contributed by atoms with van der Waals surface area (Å²) in [6, 6.07) is 4.82. The van der Waals surface area contributed by atoms with Crippen molar-refractivity contribution in [3.63, 3.8) is 0 Å². The third-order valence-corrected chi connectivity index (χ3v) is 2.83. The molecule has 0 aliphatic carbocycles. The van der Waals surface area contributed by atoms with Gasteiger partial charge in [-0.3, -0.25) is 0 Å². The molecule has 1 aromatic rings. The molecule has 0 saturated heterocycles. The highest BCUT2D eigenvalue weighted by molar-refractivity contribution is 5.29. The van der Waals surface area contributed by atoms with E-state index in [4.69, 9.17) is 0 Å². The average molecular weight is 275 g/mol. The van der Waals surface area contributed by atoms with Crippen molar-refractivity contribution in [3.05, 3.63) is 35.4 Å². The number of aliphatic hydroxyl groups is 1. The van der Waals surface area contributed by atoms with Crippen LogP contribution >= 0.6 is 0 Å². The standard InChI is InChI=1S/C14H20F3NO/c1-10(2)8-18-9-13(3,19)11-5-4-6-12(7-11)14(15,16)17/h4-7,10,18-19H,8-9H2,1-3H3. The molecule has 0 amide bonds. The lowest BCUT2D eigenvalue weighted by Gasteiger charge is -2.25. The second kappa shape index (κ2) is 5.92. The first-order valence-corrected chi connectivity index (χ1v) is 6.24. The van der Waals surface area contributed by atoms with E-state index < -0.39 is 17.3 Å². The molecule has 0 radical (unpaired) electrons. The van der Waals surface area contributed by atoms with Crippen molar-refractivity contribution in [2.45, 2.75) is 32.5 Å². The van der Waals surface area contributed by atoms with E-state index in [1.165, 1.54) is 19.1 Å². The van der Waals surface area contributed by atoms with Crippen LogP contribution in [0.5, 0.6) is 0 Å². The molecule has 0 fully saturated rings. The minimum Gasteiger partial charge on any atom is -0.384 e. The van der Waals surface area contributed by atoms with Gasteiger partial charge in [-0.2, -0.15) is 13.2 Å². The predicted octanol–water partition coefficient (Wildman–Crippen LogP) is 3.16. The fourth-order valence-electron chi connectivity index (χ4n) is 1.74. The van der Waals surface area contributed by atoms with Crippen LogP contribution < -0.4 is 5.32 Å². The van der Waals surface area contributed by atoms with E-state index in [0.29, 0.717) is 12.5 Å². The Hall–Kier alpha value is -1.07. The van der Waals surface area contributed by atoms with Crippen LogP contribution in [0, 0.1) is 5.92 Å². The Morgan fingerprint density at radius 3 is 2.32 bits per heavy atom. The van der Waals surface area contributed by atoms with Crippen LogP contribution in [0.2, 0.25) is 0 Å². The smallest absolute Gasteiger partial charge is 0.384 e. The average Bonchev–Trinajstić information content (AvgIpc) is 2.27. The van der Waals surface area contributed by atoms with Crippen molar-refractivity contribution < 1.29 is 18.3 Å². The molecule has 2 nitrogen and oxygen atoms in total. The van der Waals surface area contributed by atoms with Crippen molar-refractivity contribution in [2.24, 2.45) is 5.92 Å². The Morgan fingerprint density at radius 1 is 1.21 bits per heavy atom. The molecule has 108 valence electrons. The van der Waals surface area contributed by atoms with Crippen LogP contribution in [-0.2, 0) is 11.8 Å². The first kappa shape index (κ1) is 16.0. The van der Waals surface area contributed by atoms with Gasteiger partial charge in [0.05, 0.1) is 11.2 Å². The summed E-state index contributed by atoms with van der Waals surface area (Å²) >= 11 is 0. The third-order valence-electron chi connectivity index (χ3n) is 2.83. The monoisotopic (exact) mass is 275 g/mol. The maximum absolute atomic E-state index is 12.6. The van der Waals surface area contributed by atoms with Crippen LogP contribution in [0.15, 0.2) is 24.3 Å². The maximum Gasteiger partial charge on any atom is 0.416 e. The molecule has 1 aromatic carbocycles. The Morgan fingerprint density at radius 2 is 1.79 bits per heavy atom. The van der Waals surface area contributed by atoms with Crippen LogP contribution in [0.1, 0.15) is 31.9 Å². The minimum absolute atomic E-state index is 0.215. The summed E-state index contributed by atoms with van der Waals surface area (Å²) in [5, 5.41) is 13.3. The van der Waals surface area contributed by atoms with Crippen molar-refractivity contribution in [1.29, 1.82) is 0 Å².